The number of piperazine rings is 2. The molecule has 3 heterocycles. The van der Waals surface area contributed by atoms with Crippen LogP contribution in [0.1, 0.15) is 18.3 Å². The molecule has 0 aliphatic carbocycles. The van der Waals surface area contributed by atoms with Gasteiger partial charge in [0.05, 0.1) is 30.2 Å². The summed E-state index contributed by atoms with van der Waals surface area (Å²) in [6.45, 7) is 12.4. The van der Waals surface area contributed by atoms with Crippen molar-refractivity contribution in [2.24, 2.45) is 0 Å². The van der Waals surface area contributed by atoms with Crippen LogP contribution in [0.25, 0.3) is 0 Å². The van der Waals surface area contributed by atoms with Crippen molar-refractivity contribution in [2.45, 2.75) is 20.8 Å². The van der Waals surface area contributed by atoms with Gasteiger partial charge in [0.25, 0.3) is 0 Å². The molecule has 0 spiro atoms. The summed E-state index contributed by atoms with van der Waals surface area (Å²) in [4.78, 5) is 32.4. The van der Waals surface area contributed by atoms with Gasteiger partial charge in [0.15, 0.2) is 0 Å². The maximum atomic E-state index is 12.6. The molecule has 0 saturated carbocycles. The van der Waals surface area contributed by atoms with Crippen molar-refractivity contribution in [2.75, 3.05) is 70.4 Å². The molecule has 150 valence electrons. The number of nitrogens with zero attached hydrogens (tertiary/aromatic N) is 5. The van der Waals surface area contributed by atoms with Crippen molar-refractivity contribution < 1.29 is 14.3 Å². The number of rotatable bonds is 4. The molecule has 2 aliphatic rings. The van der Waals surface area contributed by atoms with E-state index >= 15 is 0 Å². The van der Waals surface area contributed by atoms with Crippen molar-refractivity contribution in [3.63, 3.8) is 0 Å². The summed E-state index contributed by atoms with van der Waals surface area (Å²) in [6, 6.07) is 0. The molecule has 0 unspecified atom stereocenters. The Labute approximate surface area is 160 Å². The highest BCUT2D eigenvalue weighted by atomic mass is 16.6. The minimum absolute atomic E-state index is 0.141. The number of aromatic nitrogens is 2. The number of aryl methyl sites for hydroxylation is 2. The molecule has 2 fully saturated rings. The van der Waals surface area contributed by atoms with E-state index in [2.05, 4.69) is 20.0 Å². The molecule has 0 radical (unpaired) electrons. The Bertz CT molecular complexity index is 641. The number of amides is 2. The molecule has 0 aromatic carbocycles. The summed E-state index contributed by atoms with van der Waals surface area (Å²) >= 11 is 0. The number of hydrogen-bond donors (Lipinski definition) is 1. The molecule has 9 heteroatoms. The van der Waals surface area contributed by atoms with Crippen LogP contribution in [0.4, 0.5) is 10.5 Å². The number of hydrogen-bond acceptors (Lipinski definition) is 6. The van der Waals surface area contributed by atoms with E-state index in [1.54, 1.807) is 11.8 Å². The zero-order valence-corrected chi connectivity index (χ0v) is 16.5. The fourth-order valence-corrected chi connectivity index (χ4v) is 3.79. The van der Waals surface area contributed by atoms with Crippen molar-refractivity contribution in [3.05, 3.63) is 11.4 Å². The summed E-state index contributed by atoms with van der Waals surface area (Å²) < 4.78 is 5.02. The first-order chi connectivity index (χ1) is 13.0. The Morgan fingerprint density at radius 2 is 1.63 bits per heavy atom. The summed E-state index contributed by atoms with van der Waals surface area (Å²) in [5.74, 6) is 0.141. The highest BCUT2D eigenvalue weighted by molar-refractivity contribution is 5.78. The van der Waals surface area contributed by atoms with Crippen molar-refractivity contribution in [1.82, 2.24) is 24.9 Å². The normalized spacial score (nSPS) is 18.7. The molecule has 1 aromatic rings. The molecule has 2 saturated heterocycles. The van der Waals surface area contributed by atoms with Crippen LogP contribution in [0, 0.1) is 13.8 Å². The van der Waals surface area contributed by atoms with Crippen LogP contribution in [0.2, 0.25) is 0 Å². The van der Waals surface area contributed by atoms with Crippen LogP contribution in [-0.2, 0) is 9.53 Å². The average Bonchev–Trinajstić information content (AvgIpc) is 3.01. The molecule has 2 amide bonds. The van der Waals surface area contributed by atoms with Gasteiger partial charge in [-0.1, -0.05) is 0 Å². The molecule has 1 aromatic heterocycles. The Kier molecular flexibility index (Phi) is 6.20. The lowest BCUT2D eigenvalue weighted by atomic mass is 10.2. The van der Waals surface area contributed by atoms with Crippen LogP contribution < -0.4 is 4.90 Å². The van der Waals surface area contributed by atoms with E-state index in [1.807, 2.05) is 18.7 Å². The number of H-pyrrole nitrogens is 1. The lowest BCUT2D eigenvalue weighted by molar-refractivity contribution is -0.134. The minimum atomic E-state index is -0.287. The monoisotopic (exact) mass is 378 g/mol. The smallest absolute Gasteiger partial charge is 0.409 e. The first-order valence-corrected chi connectivity index (χ1v) is 9.68. The number of anilines is 1. The molecular formula is C18H30N6O3. The lowest BCUT2D eigenvalue weighted by Gasteiger charge is -2.38. The number of aromatic amines is 1. The van der Waals surface area contributed by atoms with Gasteiger partial charge in [-0.3, -0.25) is 14.8 Å². The third-order valence-corrected chi connectivity index (χ3v) is 5.29. The van der Waals surface area contributed by atoms with E-state index in [4.69, 9.17) is 4.74 Å². The number of carbonyl (C=O) groups excluding carboxylic acids is 2. The Morgan fingerprint density at radius 1 is 1.00 bits per heavy atom. The highest BCUT2D eigenvalue weighted by Gasteiger charge is 2.27. The summed E-state index contributed by atoms with van der Waals surface area (Å²) in [7, 11) is 0. The maximum Gasteiger partial charge on any atom is 0.409 e. The van der Waals surface area contributed by atoms with Gasteiger partial charge in [-0.05, 0) is 20.8 Å². The summed E-state index contributed by atoms with van der Waals surface area (Å²) in [6.07, 6.45) is -0.287. The van der Waals surface area contributed by atoms with E-state index in [0.717, 1.165) is 37.6 Å². The topological polar surface area (TPSA) is 85.0 Å². The molecule has 0 atom stereocenters. The second kappa shape index (κ2) is 8.60. The standard InChI is InChI=1S/C18H30N6O3/c1-4-27-18(26)24-11-9-22(10-12-24)16(25)13-21-5-7-23(8-6-21)17-14(2)19-20-15(17)3/h4-13H2,1-3H3,(H,19,20). The fourth-order valence-electron chi connectivity index (χ4n) is 3.79. The SMILES string of the molecule is CCOC(=O)N1CCN(C(=O)CN2CCN(c3c(C)n[nH]c3C)CC2)CC1. The minimum Gasteiger partial charge on any atom is -0.450 e. The van der Waals surface area contributed by atoms with E-state index in [9.17, 15) is 9.59 Å². The number of carbonyl (C=O) groups is 2. The van der Waals surface area contributed by atoms with Crippen LogP contribution in [-0.4, -0.2) is 102 Å². The van der Waals surface area contributed by atoms with Crippen LogP contribution >= 0.6 is 0 Å². The predicted molar refractivity (Wildman–Crippen MR) is 102 cm³/mol. The zero-order valence-electron chi connectivity index (χ0n) is 16.5. The number of nitrogens with one attached hydrogen (secondary N) is 1. The van der Waals surface area contributed by atoms with Gasteiger partial charge in [0, 0.05) is 52.4 Å². The first-order valence-electron chi connectivity index (χ1n) is 9.68. The van der Waals surface area contributed by atoms with E-state index in [0.29, 0.717) is 39.3 Å². The van der Waals surface area contributed by atoms with Crippen LogP contribution in [0.15, 0.2) is 0 Å². The molecule has 1 N–H and O–H groups in total. The largest absolute Gasteiger partial charge is 0.450 e. The maximum absolute atomic E-state index is 12.6. The van der Waals surface area contributed by atoms with Crippen LogP contribution in [0.5, 0.6) is 0 Å². The molecule has 2 aliphatic heterocycles. The van der Waals surface area contributed by atoms with Gasteiger partial charge in [0.1, 0.15) is 0 Å². The molecule has 3 rings (SSSR count). The fraction of sp³-hybridized carbons (Fsp3) is 0.722. The van der Waals surface area contributed by atoms with E-state index < -0.39 is 0 Å². The van der Waals surface area contributed by atoms with Crippen molar-refractivity contribution >= 4 is 17.7 Å². The second-order valence-electron chi connectivity index (χ2n) is 7.11. The molecule has 9 nitrogen and oxygen atoms in total. The van der Waals surface area contributed by atoms with E-state index in [1.165, 1.54) is 5.69 Å². The summed E-state index contributed by atoms with van der Waals surface area (Å²) in [5.41, 5.74) is 3.31. The van der Waals surface area contributed by atoms with Gasteiger partial charge in [0.2, 0.25) is 5.91 Å². The zero-order chi connectivity index (χ0) is 19.4. The molecular weight excluding hydrogens is 348 g/mol. The van der Waals surface area contributed by atoms with Gasteiger partial charge in [-0.2, -0.15) is 5.10 Å². The first kappa shape index (κ1) is 19.5. The van der Waals surface area contributed by atoms with E-state index in [-0.39, 0.29) is 12.0 Å². The lowest BCUT2D eigenvalue weighted by Crippen LogP contribution is -2.54. The van der Waals surface area contributed by atoms with Crippen molar-refractivity contribution in [1.29, 1.82) is 0 Å². The Hall–Kier alpha value is -2.29. The van der Waals surface area contributed by atoms with Crippen molar-refractivity contribution in [3.8, 4) is 0 Å². The Balaban J connectivity index is 1.43. The van der Waals surface area contributed by atoms with Crippen LogP contribution in [0.3, 0.4) is 0 Å². The number of ether oxygens (including phenoxy) is 1. The van der Waals surface area contributed by atoms with Gasteiger partial charge in [-0.15, -0.1) is 0 Å². The third-order valence-electron chi connectivity index (χ3n) is 5.29. The second-order valence-corrected chi connectivity index (χ2v) is 7.11. The van der Waals surface area contributed by atoms with Gasteiger partial charge >= 0.3 is 6.09 Å². The van der Waals surface area contributed by atoms with Gasteiger partial charge < -0.3 is 19.4 Å². The van der Waals surface area contributed by atoms with Gasteiger partial charge in [-0.25, -0.2) is 4.79 Å². The predicted octanol–water partition coefficient (Wildman–Crippen LogP) is 0.449. The molecule has 27 heavy (non-hydrogen) atoms. The highest BCUT2D eigenvalue weighted by Crippen LogP contribution is 2.23. The Morgan fingerprint density at radius 3 is 2.19 bits per heavy atom. The quantitative estimate of drug-likeness (QED) is 0.819. The average molecular weight is 378 g/mol. The molecule has 0 bridgehead atoms. The third kappa shape index (κ3) is 4.52. The summed E-state index contributed by atoms with van der Waals surface area (Å²) in [5, 5.41) is 7.31.